The van der Waals surface area contributed by atoms with Crippen LogP contribution in [0.4, 0.5) is 4.39 Å². The van der Waals surface area contributed by atoms with Gasteiger partial charge in [-0.15, -0.1) is 0 Å². The molecule has 3 nitrogen and oxygen atoms in total. The second kappa shape index (κ2) is 8.15. The van der Waals surface area contributed by atoms with Gasteiger partial charge in [-0.25, -0.2) is 4.39 Å². The molecule has 0 radical (unpaired) electrons. The van der Waals surface area contributed by atoms with Gasteiger partial charge in [-0.2, -0.15) is 0 Å². The number of aryl methyl sites for hydroxylation is 1. The van der Waals surface area contributed by atoms with Gasteiger partial charge in [-0.05, 0) is 66.3 Å². The van der Waals surface area contributed by atoms with E-state index in [-0.39, 0.29) is 24.2 Å². The van der Waals surface area contributed by atoms with Crippen LogP contribution in [-0.4, -0.2) is 13.0 Å². The number of hydrogen-bond donors (Lipinski definition) is 1. The molecule has 0 fully saturated rings. The lowest BCUT2D eigenvalue weighted by Crippen LogP contribution is -2.28. The molecular formula is C21H26FNO2. The first kappa shape index (κ1) is 19.0. The average Bonchev–Trinajstić information content (AvgIpc) is 2.56. The van der Waals surface area contributed by atoms with Crippen molar-refractivity contribution in [1.82, 2.24) is 5.32 Å². The minimum absolute atomic E-state index is 0.0829. The molecule has 25 heavy (non-hydrogen) atoms. The predicted octanol–water partition coefficient (Wildman–Crippen LogP) is 4.69. The van der Waals surface area contributed by atoms with Crippen molar-refractivity contribution in [1.29, 1.82) is 0 Å². The molecule has 4 heteroatoms. The molecule has 1 atom stereocenters. The van der Waals surface area contributed by atoms with E-state index in [9.17, 15) is 9.18 Å². The standard InChI is InChI=1S/C21H26FNO2/c1-13(2)18-12-19(14(3)10-20(18)25-5)15(4)23-21(24)11-16-6-8-17(22)9-7-16/h6-10,12-13,15H,11H2,1-5H3,(H,23,24). The van der Waals surface area contributed by atoms with Gasteiger partial charge in [0.05, 0.1) is 19.6 Å². The first-order valence-electron chi connectivity index (χ1n) is 8.54. The molecular weight excluding hydrogens is 317 g/mol. The highest BCUT2D eigenvalue weighted by Crippen LogP contribution is 2.32. The first-order valence-corrected chi connectivity index (χ1v) is 8.54. The van der Waals surface area contributed by atoms with E-state index in [0.29, 0.717) is 5.92 Å². The van der Waals surface area contributed by atoms with Crippen molar-refractivity contribution < 1.29 is 13.9 Å². The van der Waals surface area contributed by atoms with Crippen LogP contribution in [-0.2, 0) is 11.2 Å². The van der Waals surface area contributed by atoms with E-state index in [1.165, 1.54) is 12.1 Å². The minimum Gasteiger partial charge on any atom is -0.496 e. The maximum Gasteiger partial charge on any atom is 0.224 e. The van der Waals surface area contributed by atoms with Crippen LogP contribution in [0.15, 0.2) is 36.4 Å². The SMILES string of the molecule is COc1cc(C)c(C(C)NC(=O)Cc2ccc(F)cc2)cc1C(C)C. The van der Waals surface area contributed by atoms with Crippen LogP contribution in [0.1, 0.15) is 55.0 Å². The number of halogens is 1. The maximum atomic E-state index is 13.0. The zero-order valence-corrected chi connectivity index (χ0v) is 15.5. The molecule has 0 aromatic heterocycles. The van der Waals surface area contributed by atoms with Crippen LogP contribution >= 0.6 is 0 Å². The zero-order chi connectivity index (χ0) is 18.6. The van der Waals surface area contributed by atoms with E-state index >= 15 is 0 Å². The number of methoxy groups -OCH3 is 1. The van der Waals surface area contributed by atoms with Crippen LogP contribution < -0.4 is 10.1 Å². The smallest absolute Gasteiger partial charge is 0.224 e. The normalized spacial score (nSPS) is 12.1. The molecule has 0 aliphatic carbocycles. The van der Waals surface area contributed by atoms with E-state index in [1.54, 1.807) is 19.2 Å². The van der Waals surface area contributed by atoms with Crippen LogP contribution in [0.25, 0.3) is 0 Å². The Kier molecular flexibility index (Phi) is 6.18. The largest absolute Gasteiger partial charge is 0.496 e. The van der Waals surface area contributed by atoms with Crippen molar-refractivity contribution in [2.24, 2.45) is 0 Å². The fraction of sp³-hybridized carbons (Fsp3) is 0.381. The topological polar surface area (TPSA) is 38.3 Å². The number of ether oxygens (including phenoxy) is 1. The van der Waals surface area contributed by atoms with Crippen molar-refractivity contribution in [3.05, 3.63) is 64.5 Å². The Bertz CT molecular complexity index is 738. The lowest BCUT2D eigenvalue weighted by atomic mass is 9.93. The maximum absolute atomic E-state index is 13.0. The summed E-state index contributed by atoms with van der Waals surface area (Å²) in [4.78, 5) is 12.3. The number of rotatable bonds is 6. The van der Waals surface area contributed by atoms with Crippen molar-refractivity contribution in [2.75, 3.05) is 7.11 Å². The first-order chi connectivity index (χ1) is 11.8. The van der Waals surface area contributed by atoms with E-state index in [0.717, 1.165) is 28.0 Å². The monoisotopic (exact) mass is 343 g/mol. The third-order valence-electron chi connectivity index (χ3n) is 4.36. The summed E-state index contributed by atoms with van der Waals surface area (Å²) < 4.78 is 18.4. The quantitative estimate of drug-likeness (QED) is 0.826. The number of hydrogen-bond acceptors (Lipinski definition) is 2. The van der Waals surface area contributed by atoms with Crippen molar-refractivity contribution in [3.63, 3.8) is 0 Å². The highest BCUT2D eigenvalue weighted by atomic mass is 19.1. The molecule has 0 heterocycles. The summed E-state index contributed by atoms with van der Waals surface area (Å²) in [6.45, 7) is 8.23. The van der Waals surface area contributed by atoms with Crippen LogP contribution in [0, 0.1) is 12.7 Å². The number of nitrogens with one attached hydrogen (secondary N) is 1. The second-order valence-corrected chi connectivity index (χ2v) is 6.70. The fourth-order valence-corrected chi connectivity index (χ4v) is 2.97. The summed E-state index contributed by atoms with van der Waals surface area (Å²) in [6.07, 6.45) is 0.233. The van der Waals surface area contributed by atoms with Gasteiger partial charge in [0, 0.05) is 0 Å². The average molecular weight is 343 g/mol. The molecule has 0 bridgehead atoms. The summed E-state index contributed by atoms with van der Waals surface area (Å²) in [6, 6.07) is 10.0. The summed E-state index contributed by atoms with van der Waals surface area (Å²) in [5.41, 5.74) is 4.08. The molecule has 0 aliphatic heterocycles. The van der Waals surface area contributed by atoms with Crippen LogP contribution in [0.3, 0.4) is 0 Å². The Morgan fingerprint density at radius 1 is 1.12 bits per heavy atom. The second-order valence-electron chi connectivity index (χ2n) is 6.70. The number of amides is 1. The summed E-state index contributed by atoms with van der Waals surface area (Å²) >= 11 is 0. The van der Waals surface area contributed by atoms with Gasteiger partial charge in [-0.3, -0.25) is 4.79 Å². The Labute approximate surface area is 149 Å². The molecule has 1 unspecified atom stereocenters. The van der Waals surface area contributed by atoms with E-state index in [4.69, 9.17) is 4.74 Å². The number of carbonyl (C=O) groups is 1. The van der Waals surface area contributed by atoms with Gasteiger partial charge in [-0.1, -0.05) is 26.0 Å². The highest BCUT2D eigenvalue weighted by molar-refractivity contribution is 5.79. The molecule has 0 aliphatic rings. The predicted molar refractivity (Wildman–Crippen MR) is 98.5 cm³/mol. The Morgan fingerprint density at radius 3 is 2.32 bits per heavy atom. The highest BCUT2D eigenvalue weighted by Gasteiger charge is 2.17. The van der Waals surface area contributed by atoms with Gasteiger partial charge in [0.2, 0.25) is 5.91 Å². The minimum atomic E-state index is -0.299. The van der Waals surface area contributed by atoms with E-state index in [1.807, 2.05) is 19.9 Å². The van der Waals surface area contributed by atoms with E-state index < -0.39 is 0 Å². The Hall–Kier alpha value is -2.36. The zero-order valence-electron chi connectivity index (χ0n) is 15.5. The molecule has 0 saturated carbocycles. The lowest BCUT2D eigenvalue weighted by molar-refractivity contribution is -0.121. The van der Waals surface area contributed by atoms with Gasteiger partial charge < -0.3 is 10.1 Å². The molecule has 1 amide bonds. The molecule has 2 aromatic rings. The Balaban J connectivity index is 2.14. The third-order valence-corrected chi connectivity index (χ3v) is 4.36. The number of benzene rings is 2. The fourth-order valence-electron chi connectivity index (χ4n) is 2.97. The van der Waals surface area contributed by atoms with Crippen molar-refractivity contribution >= 4 is 5.91 Å². The van der Waals surface area contributed by atoms with E-state index in [2.05, 4.69) is 25.2 Å². The van der Waals surface area contributed by atoms with Gasteiger partial charge in [0.25, 0.3) is 0 Å². The van der Waals surface area contributed by atoms with Crippen LogP contribution in [0.2, 0.25) is 0 Å². The molecule has 134 valence electrons. The van der Waals surface area contributed by atoms with Crippen molar-refractivity contribution in [3.8, 4) is 5.75 Å². The van der Waals surface area contributed by atoms with Crippen LogP contribution in [0.5, 0.6) is 5.75 Å². The molecule has 1 N–H and O–H groups in total. The number of carbonyl (C=O) groups excluding carboxylic acids is 1. The summed E-state index contributed by atoms with van der Waals surface area (Å²) in [5, 5.41) is 3.03. The van der Waals surface area contributed by atoms with Crippen molar-refractivity contribution in [2.45, 2.75) is 46.1 Å². The molecule has 2 rings (SSSR count). The van der Waals surface area contributed by atoms with Gasteiger partial charge >= 0.3 is 0 Å². The summed E-state index contributed by atoms with van der Waals surface area (Å²) in [5.74, 6) is 0.825. The molecule has 2 aromatic carbocycles. The van der Waals surface area contributed by atoms with Gasteiger partial charge in [0.1, 0.15) is 11.6 Å². The lowest BCUT2D eigenvalue weighted by Gasteiger charge is -2.21. The third kappa shape index (κ3) is 4.81. The molecule has 0 spiro atoms. The Morgan fingerprint density at radius 2 is 1.76 bits per heavy atom. The van der Waals surface area contributed by atoms with Gasteiger partial charge in [0.15, 0.2) is 0 Å². The summed E-state index contributed by atoms with van der Waals surface area (Å²) in [7, 11) is 1.67. The molecule has 0 saturated heterocycles.